The fourth-order valence-corrected chi connectivity index (χ4v) is 2.55. The zero-order valence-corrected chi connectivity index (χ0v) is 9.94. The van der Waals surface area contributed by atoms with Gasteiger partial charge in [-0.1, -0.05) is 0 Å². The van der Waals surface area contributed by atoms with Crippen LogP contribution in [0.2, 0.25) is 0 Å². The first-order valence-corrected chi connectivity index (χ1v) is 6.02. The topological polar surface area (TPSA) is 17.8 Å². The van der Waals surface area contributed by atoms with Gasteiger partial charge in [0.25, 0.3) is 0 Å². The summed E-state index contributed by atoms with van der Waals surface area (Å²) in [4.78, 5) is 4.44. The molecule has 14 heavy (non-hydrogen) atoms. The van der Waals surface area contributed by atoms with Gasteiger partial charge >= 0.3 is 0 Å². The van der Waals surface area contributed by atoms with E-state index in [0.29, 0.717) is 0 Å². The van der Waals surface area contributed by atoms with Crippen LogP contribution in [0.4, 0.5) is 0 Å². The molecule has 0 amide bonds. The molecular weight excluding hydrogens is 287 g/mol. The molecule has 2 aromatic rings. The van der Waals surface area contributed by atoms with E-state index in [0.717, 1.165) is 18.1 Å². The minimum atomic E-state index is 0.904. The van der Waals surface area contributed by atoms with Crippen molar-refractivity contribution in [2.45, 2.75) is 19.4 Å². The number of hydrogen-bond acceptors (Lipinski definition) is 1. The summed E-state index contributed by atoms with van der Waals surface area (Å²) in [5.41, 5.74) is 1.14. The number of hydrogen-bond donors (Lipinski definition) is 0. The van der Waals surface area contributed by atoms with Gasteiger partial charge in [-0.2, -0.15) is 0 Å². The van der Waals surface area contributed by atoms with Gasteiger partial charge in [-0.25, -0.2) is 4.98 Å². The van der Waals surface area contributed by atoms with Crippen LogP contribution in [-0.4, -0.2) is 9.55 Å². The van der Waals surface area contributed by atoms with Crippen molar-refractivity contribution in [3.05, 3.63) is 28.1 Å². The van der Waals surface area contributed by atoms with Crippen molar-refractivity contribution in [3.8, 4) is 0 Å². The Morgan fingerprint density at radius 3 is 3.14 bits per heavy atom. The van der Waals surface area contributed by atoms with Crippen molar-refractivity contribution in [2.24, 2.45) is 5.92 Å². The summed E-state index contributed by atoms with van der Waals surface area (Å²) in [6.07, 6.45) is 4.66. The summed E-state index contributed by atoms with van der Waals surface area (Å²) in [6, 6.07) is 6.35. The largest absolute Gasteiger partial charge is 0.320 e. The van der Waals surface area contributed by atoms with Crippen molar-refractivity contribution in [2.75, 3.05) is 0 Å². The molecule has 0 aliphatic heterocycles. The SMILES string of the molecule is Ic1cc2cccnc2n1CC1CC1. The second-order valence-electron chi connectivity index (χ2n) is 3.94. The molecule has 2 heterocycles. The van der Waals surface area contributed by atoms with Crippen LogP contribution in [0.25, 0.3) is 11.0 Å². The Morgan fingerprint density at radius 1 is 1.50 bits per heavy atom. The van der Waals surface area contributed by atoms with Gasteiger partial charge in [-0.3, -0.25) is 0 Å². The summed E-state index contributed by atoms with van der Waals surface area (Å²) in [5, 5.41) is 1.26. The molecule has 2 aromatic heterocycles. The predicted molar refractivity (Wildman–Crippen MR) is 65.2 cm³/mol. The zero-order chi connectivity index (χ0) is 9.54. The molecule has 0 spiro atoms. The van der Waals surface area contributed by atoms with Crippen LogP contribution in [0.1, 0.15) is 12.8 Å². The smallest absolute Gasteiger partial charge is 0.140 e. The molecule has 0 unspecified atom stereocenters. The highest BCUT2D eigenvalue weighted by Gasteiger charge is 2.23. The Morgan fingerprint density at radius 2 is 2.36 bits per heavy atom. The first-order valence-electron chi connectivity index (χ1n) is 4.94. The van der Waals surface area contributed by atoms with Gasteiger partial charge in [-0.05, 0) is 59.5 Å². The molecule has 1 fully saturated rings. The Bertz CT molecular complexity index is 471. The Kier molecular flexibility index (Phi) is 2.00. The Balaban J connectivity index is 2.13. The molecule has 0 bridgehead atoms. The third-order valence-corrected chi connectivity index (χ3v) is 3.64. The van der Waals surface area contributed by atoms with E-state index in [1.165, 1.54) is 21.9 Å². The first kappa shape index (κ1) is 8.71. The lowest BCUT2D eigenvalue weighted by Crippen LogP contribution is -2.02. The summed E-state index contributed by atoms with van der Waals surface area (Å²) < 4.78 is 3.65. The number of aromatic nitrogens is 2. The van der Waals surface area contributed by atoms with Gasteiger partial charge in [0.1, 0.15) is 5.65 Å². The van der Waals surface area contributed by atoms with E-state index in [4.69, 9.17) is 0 Å². The molecule has 0 radical (unpaired) electrons. The molecule has 0 atom stereocenters. The monoisotopic (exact) mass is 298 g/mol. The Labute approximate surface area is 96.5 Å². The van der Waals surface area contributed by atoms with E-state index in [1.54, 1.807) is 0 Å². The van der Waals surface area contributed by atoms with Crippen molar-refractivity contribution in [1.82, 2.24) is 9.55 Å². The maximum absolute atomic E-state index is 4.44. The van der Waals surface area contributed by atoms with Gasteiger partial charge in [0.15, 0.2) is 0 Å². The molecule has 0 saturated heterocycles. The van der Waals surface area contributed by atoms with E-state index in [9.17, 15) is 0 Å². The first-order chi connectivity index (χ1) is 6.84. The fourth-order valence-electron chi connectivity index (χ4n) is 1.79. The third kappa shape index (κ3) is 1.43. The summed E-state index contributed by atoms with van der Waals surface area (Å²) in [7, 11) is 0. The normalized spacial score (nSPS) is 16.4. The molecule has 1 aliphatic carbocycles. The van der Waals surface area contributed by atoms with E-state index in [-0.39, 0.29) is 0 Å². The van der Waals surface area contributed by atoms with Crippen molar-refractivity contribution in [3.63, 3.8) is 0 Å². The molecule has 0 aromatic carbocycles. The van der Waals surface area contributed by atoms with Gasteiger partial charge in [0.2, 0.25) is 0 Å². The lowest BCUT2D eigenvalue weighted by Gasteiger charge is -2.04. The maximum atomic E-state index is 4.44. The second kappa shape index (κ2) is 3.22. The highest BCUT2D eigenvalue weighted by molar-refractivity contribution is 14.1. The molecule has 0 N–H and O–H groups in total. The van der Waals surface area contributed by atoms with Crippen molar-refractivity contribution < 1.29 is 0 Å². The summed E-state index contributed by atoms with van der Waals surface area (Å²) >= 11 is 2.40. The van der Waals surface area contributed by atoms with E-state index >= 15 is 0 Å². The quantitative estimate of drug-likeness (QED) is 0.779. The molecule has 3 rings (SSSR count). The van der Waals surface area contributed by atoms with Crippen LogP contribution in [0.5, 0.6) is 0 Å². The van der Waals surface area contributed by atoms with Crippen molar-refractivity contribution in [1.29, 1.82) is 0 Å². The number of rotatable bonds is 2. The lowest BCUT2D eigenvalue weighted by atomic mass is 10.3. The molecule has 1 aliphatic rings. The standard InChI is InChI=1S/C11H11IN2/c12-10-6-9-2-1-5-13-11(9)14(10)7-8-3-4-8/h1-2,5-6,8H,3-4,7H2. The minimum Gasteiger partial charge on any atom is -0.320 e. The summed E-state index contributed by atoms with van der Waals surface area (Å²) in [6.45, 7) is 1.15. The number of nitrogens with zero attached hydrogens (tertiary/aromatic N) is 2. The fraction of sp³-hybridized carbons (Fsp3) is 0.364. The number of pyridine rings is 1. The van der Waals surface area contributed by atoms with Crippen LogP contribution < -0.4 is 0 Å². The second-order valence-corrected chi connectivity index (χ2v) is 5.04. The summed E-state index contributed by atoms with van der Waals surface area (Å²) in [5.74, 6) is 0.904. The van der Waals surface area contributed by atoms with Crippen LogP contribution in [0.15, 0.2) is 24.4 Å². The van der Waals surface area contributed by atoms with Crippen LogP contribution in [0, 0.1) is 9.62 Å². The van der Waals surface area contributed by atoms with E-state index in [2.05, 4.69) is 44.3 Å². The lowest BCUT2D eigenvalue weighted by molar-refractivity contribution is 0.631. The van der Waals surface area contributed by atoms with Gasteiger partial charge in [0, 0.05) is 18.1 Å². The van der Waals surface area contributed by atoms with Gasteiger partial charge < -0.3 is 4.57 Å². The Hall–Kier alpha value is -0.580. The number of halogens is 1. The molecule has 72 valence electrons. The average Bonchev–Trinajstić information content (AvgIpc) is 2.93. The predicted octanol–water partition coefficient (Wildman–Crippen LogP) is 3.05. The highest BCUT2D eigenvalue weighted by atomic mass is 127. The van der Waals surface area contributed by atoms with Gasteiger partial charge in [-0.15, -0.1) is 0 Å². The van der Waals surface area contributed by atoms with E-state index < -0.39 is 0 Å². The van der Waals surface area contributed by atoms with Crippen LogP contribution in [0.3, 0.4) is 0 Å². The molecule has 1 saturated carbocycles. The minimum absolute atomic E-state index is 0.904. The third-order valence-electron chi connectivity index (χ3n) is 2.74. The van der Waals surface area contributed by atoms with E-state index in [1.807, 2.05) is 12.3 Å². The van der Waals surface area contributed by atoms with Crippen molar-refractivity contribution >= 4 is 33.6 Å². The molecule has 3 heteroatoms. The number of fused-ring (bicyclic) bond motifs is 1. The van der Waals surface area contributed by atoms with Gasteiger partial charge in [0.05, 0.1) is 3.70 Å². The van der Waals surface area contributed by atoms with Crippen LogP contribution in [-0.2, 0) is 6.54 Å². The average molecular weight is 298 g/mol. The highest BCUT2D eigenvalue weighted by Crippen LogP contribution is 2.32. The van der Waals surface area contributed by atoms with Crippen LogP contribution >= 0.6 is 22.6 Å². The molecular formula is C11H11IN2. The zero-order valence-electron chi connectivity index (χ0n) is 7.78. The molecule has 2 nitrogen and oxygen atoms in total. The maximum Gasteiger partial charge on any atom is 0.140 e.